The molecule has 144 valence electrons. The van der Waals surface area contributed by atoms with Gasteiger partial charge in [-0.1, -0.05) is 60.2 Å². The van der Waals surface area contributed by atoms with Crippen LogP contribution < -0.4 is 0 Å². The molecule has 2 aliphatic rings. The maximum atomic E-state index is 15.9. The van der Waals surface area contributed by atoms with E-state index in [0.29, 0.717) is 17.1 Å². The molecule has 29 heavy (non-hydrogen) atoms. The van der Waals surface area contributed by atoms with Gasteiger partial charge in [0, 0.05) is 17.5 Å². The standard InChI is InChI=1S/C23H19BF2N2O/c1-16-8-10-18(11-9-16)23-20-13-12-19(17-6-4-3-5-7-17)27(20)24(25,26)28-21(23)14-15-22(28)29-2/h3-15H,1-2H3. The monoisotopic (exact) mass is 388 g/mol. The highest BCUT2D eigenvalue weighted by molar-refractivity contribution is 6.58. The third kappa shape index (κ3) is 2.52. The largest absolute Gasteiger partial charge is 0.740 e. The highest BCUT2D eigenvalue weighted by atomic mass is 19.2. The average molecular weight is 388 g/mol. The molecule has 0 radical (unpaired) electrons. The molecule has 0 bridgehead atoms. The molecule has 2 aromatic carbocycles. The summed E-state index contributed by atoms with van der Waals surface area (Å²) >= 11 is 0. The first kappa shape index (κ1) is 17.7. The topological polar surface area (TPSA) is 17.2 Å². The van der Waals surface area contributed by atoms with E-state index >= 15 is 8.63 Å². The number of ether oxygens (including phenoxy) is 1. The Bertz CT molecular complexity index is 1210. The number of hydrogen-bond donors (Lipinski definition) is 0. The lowest BCUT2D eigenvalue weighted by molar-refractivity contribution is -0.372. The molecule has 2 aliphatic heterocycles. The van der Waals surface area contributed by atoms with E-state index in [1.165, 1.54) is 11.6 Å². The van der Waals surface area contributed by atoms with Crippen molar-refractivity contribution >= 4 is 18.4 Å². The molecule has 0 aliphatic carbocycles. The number of nitrogens with zero attached hydrogens (tertiary/aromatic N) is 2. The quantitative estimate of drug-likeness (QED) is 0.560. The molecule has 3 heterocycles. The van der Waals surface area contributed by atoms with Crippen LogP contribution in [0, 0.1) is 6.92 Å². The number of hydrogen-bond acceptors (Lipinski definition) is 1. The summed E-state index contributed by atoms with van der Waals surface area (Å²) in [4.78, 5) is 0. The van der Waals surface area contributed by atoms with Crippen molar-refractivity contribution in [2.24, 2.45) is 0 Å². The molecule has 0 saturated heterocycles. The highest BCUT2D eigenvalue weighted by Gasteiger charge is 2.55. The lowest BCUT2D eigenvalue weighted by atomic mass is 9.85. The van der Waals surface area contributed by atoms with Gasteiger partial charge in [-0.2, -0.15) is 0 Å². The number of methoxy groups -OCH3 is 1. The van der Waals surface area contributed by atoms with Gasteiger partial charge in [0.25, 0.3) is 0 Å². The minimum atomic E-state index is -4.13. The third-order valence-electron chi connectivity index (χ3n) is 5.55. The lowest BCUT2D eigenvalue weighted by Gasteiger charge is -2.33. The van der Waals surface area contributed by atoms with Gasteiger partial charge in [-0.3, -0.25) is 4.49 Å². The second-order valence-electron chi connectivity index (χ2n) is 7.30. The average Bonchev–Trinajstić information content (AvgIpc) is 3.36. The number of aryl methyl sites for hydroxylation is 1. The van der Waals surface area contributed by atoms with Gasteiger partial charge in [-0.15, -0.1) is 0 Å². The fraction of sp³-hybridized carbons (Fsp3) is 0.0870. The molecule has 0 saturated carbocycles. The van der Waals surface area contributed by atoms with Crippen LogP contribution >= 0.6 is 0 Å². The maximum Gasteiger partial charge on any atom is 0.740 e. The van der Waals surface area contributed by atoms with Crippen LogP contribution in [0.1, 0.15) is 16.8 Å². The molecule has 3 nitrogen and oxygen atoms in total. The van der Waals surface area contributed by atoms with E-state index in [4.69, 9.17) is 4.74 Å². The Kier molecular flexibility index (Phi) is 3.84. The van der Waals surface area contributed by atoms with Crippen molar-refractivity contribution in [2.75, 3.05) is 7.11 Å². The third-order valence-corrected chi connectivity index (χ3v) is 5.55. The first-order valence-electron chi connectivity index (χ1n) is 9.51. The fourth-order valence-corrected chi connectivity index (χ4v) is 4.21. The van der Waals surface area contributed by atoms with Crippen molar-refractivity contribution in [1.82, 2.24) is 4.48 Å². The zero-order valence-corrected chi connectivity index (χ0v) is 16.1. The second kappa shape index (κ2) is 6.31. The van der Waals surface area contributed by atoms with Crippen molar-refractivity contribution in [3.05, 3.63) is 101 Å². The molecular formula is C23H19BF2N2O. The zero-order valence-electron chi connectivity index (χ0n) is 16.1. The summed E-state index contributed by atoms with van der Waals surface area (Å²) in [5.74, 6) is 0.146. The summed E-state index contributed by atoms with van der Waals surface area (Å²) in [5, 5.41) is 0. The van der Waals surface area contributed by atoms with E-state index in [1.54, 1.807) is 24.3 Å². The van der Waals surface area contributed by atoms with Gasteiger partial charge in [-0.05, 0) is 30.2 Å². The van der Waals surface area contributed by atoms with Crippen molar-refractivity contribution in [3.8, 4) is 11.3 Å². The van der Waals surface area contributed by atoms with E-state index < -0.39 is 6.97 Å². The van der Waals surface area contributed by atoms with Crippen LogP contribution in [0.5, 0.6) is 0 Å². The molecule has 6 heteroatoms. The van der Waals surface area contributed by atoms with Crippen LogP contribution in [0.2, 0.25) is 0 Å². The van der Waals surface area contributed by atoms with Crippen LogP contribution in [0.25, 0.3) is 16.8 Å². The van der Waals surface area contributed by atoms with E-state index in [0.717, 1.165) is 26.7 Å². The second-order valence-corrected chi connectivity index (χ2v) is 7.30. The van der Waals surface area contributed by atoms with Crippen molar-refractivity contribution in [1.29, 1.82) is 0 Å². The predicted octanol–water partition coefficient (Wildman–Crippen LogP) is 5.09. The molecular weight excluding hydrogens is 369 g/mol. The van der Waals surface area contributed by atoms with E-state index in [1.807, 2.05) is 61.5 Å². The number of allylic oxidation sites excluding steroid dienone is 1. The Hall–Kier alpha value is -3.41. The number of benzene rings is 2. The Morgan fingerprint density at radius 2 is 1.52 bits per heavy atom. The van der Waals surface area contributed by atoms with Gasteiger partial charge in [0.1, 0.15) is 0 Å². The molecule has 0 atom stereocenters. The van der Waals surface area contributed by atoms with Gasteiger partial charge in [-0.25, -0.2) is 0 Å². The molecule has 0 spiro atoms. The van der Waals surface area contributed by atoms with Crippen LogP contribution in [-0.2, 0) is 4.74 Å². The maximum absolute atomic E-state index is 15.9. The Morgan fingerprint density at radius 3 is 2.21 bits per heavy atom. The summed E-state index contributed by atoms with van der Waals surface area (Å²) in [6.45, 7) is -2.12. The van der Waals surface area contributed by atoms with Crippen LogP contribution in [0.15, 0.2) is 84.6 Å². The number of aromatic nitrogens is 1. The van der Waals surface area contributed by atoms with E-state index in [-0.39, 0.29) is 5.90 Å². The van der Waals surface area contributed by atoms with Crippen molar-refractivity contribution in [2.45, 2.75) is 6.92 Å². The van der Waals surface area contributed by atoms with Gasteiger partial charge in [0.15, 0.2) is 5.70 Å². The van der Waals surface area contributed by atoms with Gasteiger partial charge >= 0.3 is 12.9 Å². The van der Waals surface area contributed by atoms with E-state index in [9.17, 15) is 0 Å². The van der Waals surface area contributed by atoms with Crippen molar-refractivity contribution in [3.63, 3.8) is 0 Å². The highest BCUT2D eigenvalue weighted by Crippen LogP contribution is 2.42. The smallest absolute Gasteiger partial charge is 0.451 e. The minimum Gasteiger partial charge on any atom is -0.451 e. The lowest BCUT2D eigenvalue weighted by Crippen LogP contribution is -2.51. The molecule has 0 unspecified atom stereocenters. The molecule has 3 aromatic rings. The molecule has 1 aromatic heterocycles. The van der Waals surface area contributed by atoms with E-state index in [2.05, 4.69) is 0 Å². The molecule has 0 amide bonds. The van der Waals surface area contributed by atoms with Gasteiger partial charge < -0.3 is 17.8 Å². The minimum absolute atomic E-state index is 0.146. The zero-order chi connectivity index (χ0) is 20.2. The summed E-state index contributed by atoms with van der Waals surface area (Å²) in [6, 6.07) is 20.8. The number of halogens is 2. The Labute approximate surface area is 167 Å². The number of fused-ring (bicyclic) bond motifs is 2. The Morgan fingerprint density at radius 1 is 0.828 bits per heavy atom. The summed E-state index contributed by atoms with van der Waals surface area (Å²) in [7, 11) is 1.42. The van der Waals surface area contributed by atoms with Crippen LogP contribution in [0.3, 0.4) is 0 Å². The van der Waals surface area contributed by atoms with Crippen LogP contribution in [-0.4, -0.2) is 28.9 Å². The first-order chi connectivity index (χ1) is 14.0. The molecule has 0 fully saturated rings. The van der Waals surface area contributed by atoms with Crippen LogP contribution in [0.4, 0.5) is 8.63 Å². The summed E-state index contributed by atoms with van der Waals surface area (Å²) in [5.41, 5.74) is 4.97. The normalized spacial score (nSPS) is 16.8. The fourth-order valence-electron chi connectivity index (χ4n) is 4.21. The predicted molar refractivity (Wildman–Crippen MR) is 112 cm³/mol. The number of rotatable bonds is 2. The summed E-state index contributed by atoms with van der Waals surface area (Å²) in [6.07, 6.45) is 3.32. The first-order valence-corrected chi connectivity index (χ1v) is 9.51. The van der Waals surface area contributed by atoms with Crippen molar-refractivity contribution < 1.29 is 17.9 Å². The Balaban J connectivity index is 1.85. The summed E-state index contributed by atoms with van der Waals surface area (Å²) < 4.78 is 39.3. The SMILES string of the molecule is COC1=[N+]2C(=C(c3ccc(C)cc3)c3ccc(-c4ccccc4)n3[B-]2(F)F)C=C1. The molecule has 5 rings (SSSR count). The van der Waals surface area contributed by atoms with Gasteiger partial charge in [0.05, 0.1) is 18.8 Å². The van der Waals surface area contributed by atoms with Gasteiger partial charge in [0.2, 0.25) is 0 Å². The molecule has 0 N–H and O–H groups in total.